The van der Waals surface area contributed by atoms with Crippen LogP contribution in [0.25, 0.3) is 0 Å². The molecular formula is C20H29N3O3. The van der Waals surface area contributed by atoms with E-state index in [1.165, 1.54) is 5.56 Å². The lowest BCUT2D eigenvalue weighted by Gasteiger charge is -2.34. The first-order chi connectivity index (χ1) is 12.7. The number of benzene rings is 1. The van der Waals surface area contributed by atoms with Gasteiger partial charge in [-0.2, -0.15) is 0 Å². The fraction of sp³-hybridized carbons (Fsp3) is 0.600. The number of fused-ring (bicyclic) bond motifs is 1. The molecule has 6 heteroatoms. The van der Waals surface area contributed by atoms with Crippen LogP contribution >= 0.6 is 0 Å². The van der Waals surface area contributed by atoms with Crippen molar-refractivity contribution in [2.75, 3.05) is 39.9 Å². The first-order valence-corrected chi connectivity index (χ1v) is 9.56. The molecule has 1 N–H and O–H groups in total. The van der Waals surface area contributed by atoms with Crippen molar-refractivity contribution in [3.05, 3.63) is 29.8 Å². The van der Waals surface area contributed by atoms with Crippen molar-refractivity contribution in [2.45, 2.75) is 32.1 Å². The van der Waals surface area contributed by atoms with E-state index >= 15 is 0 Å². The summed E-state index contributed by atoms with van der Waals surface area (Å²) in [5.74, 6) is 2.29. The Bertz CT molecular complexity index is 639. The highest BCUT2D eigenvalue weighted by molar-refractivity contribution is 5.80. The number of piperidine rings is 1. The zero-order chi connectivity index (χ0) is 18.4. The molecule has 3 rings (SSSR count). The van der Waals surface area contributed by atoms with Gasteiger partial charge in [0.15, 0.2) is 5.96 Å². The smallest absolute Gasteiger partial charge is 0.309 e. The highest BCUT2D eigenvalue weighted by Gasteiger charge is 2.28. The van der Waals surface area contributed by atoms with Gasteiger partial charge in [0.2, 0.25) is 0 Å². The van der Waals surface area contributed by atoms with E-state index in [1.807, 2.05) is 26.1 Å². The number of nitrogens with one attached hydrogen (secondary N) is 1. The number of rotatable bonds is 4. The van der Waals surface area contributed by atoms with Crippen molar-refractivity contribution >= 4 is 11.9 Å². The lowest BCUT2D eigenvalue weighted by molar-refractivity contribution is -0.149. The van der Waals surface area contributed by atoms with E-state index in [0.29, 0.717) is 12.5 Å². The predicted molar refractivity (Wildman–Crippen MR) is 102 cm³/mol. The van der Waals surface area contributed by atoms with E-state index in [4.69, 9.17) is 9.47 Å². The number of ether oxygens (including phenoxy) is 2. The third-order valence-corrected chi connectivity index (χ3v) is 5.22. The van der Waals surface area contributed by atoms with E-state index in [0.717, 1.165) is 57.2 Å². The summed E-state index contributed by atoms with van der Waals surface area (Å²) in [6.07, 6.45) is 2.64. The van der Waals surface area contributed by atoms with E-state index in [9.17, 15) is 4.79 Å². The molecule has 1 saturated heterocycles. The maximum absolute atomic E-state index is 11.9. The molecule has 0 spiro atoms. The van der Waals surface area contributed by atoms with Gasteiger partial charge >= 0.3 is 5.97 Å². The fourth-order valence-electron chi connectivity index (χ4n) is 3.76. The van der Waals surface area contributed by atoms with Crippen LogP contribution in [0.15, 0.2) is 29.3 Å². The normalized spacial score (nSPS) is 20.9. The van der Waals surface area contributed by atoms with E-state index in [-0.39, 0.29) is 11.9 Å². The van der Waals surface area contributed by atoms with Crippen LogP contribution in [0.5, 0.6) is 5.75 Å². The molecular weight excluding hydrogens is 330 g/mol. The number of carbonyl (C=O) groups excluding carboxylic acids is 1. The largest absolute Gasteiger partial charge is 0.493 e. The SMILES string of the molecule is CCOC(=O)C1CCN(C(=NC)NCC2CCOc3ccccc32)CC1. The van der Waals surface area contributed by atoms with E-state index < -0.39 is 0 Å². The van der Waals surface area contributed by atoms with Crippen molar-refractivity contribution in [3.63, 3.8) is 0 Å². The molecule has 2 aliphatic heterocycles. The minimum atomic E-state index is -0.0612. The first kappa shape index (κ1) is 18.5. The summed E-state index contributed by atoms with van der Waals surface area (Å²) in [6.45, 7) is 5.56. The Balaban J connectivity index is 1.53. The molecule has 142 valence electrons. The average molecular weight is 359 g/mol. The van der Waals surface area contributed by atoms with Gasteiger partial charge < -0.3 is 19.7 Å². The van der Waals surface area contributed by atoms with E-state index in [2.05, 4.69) is 27.3 Å². The highest BCUT2D eigenvalue weighted by atomic mass is 16.5. The number of guanidine groups is 1. The van der Waals surface area contributed by atoms with Crippen LogP contribution in [0, 0.1) is 5.92 Å². The molecule has 0 aliphatic carbocycles. The van der Waals surface area contributed by atoms with Crippen molar-refractivity contribution in [1.82, 2.24) is 10.2 Å². The van der Waals surface area contributed by atoms with Gasteiger partial charge in [0.25, 0.3) is 0 Å². The number of likely N-dealkylation sites (tertiary alicyclic amines) is 1. The second-order valence-electron chi connectivity index (χ2n) is 6.81. The monoisotopic (exact) mass is 359 g/mol. The number of aliphatic imine (C=N–C) groups is 1. The van der Waals surface area contributed by atoms with Gasteiger partial charge in [0.1, 0.15) is 5.75 Å². The quantitative estimate of drug-likeness (QED) is 0.508. The van der Waals surface area contributed by atoms with Crippen LogP contribution in [0.4, 0.5) is 0 Å². The molecule has 0 bridgehead atoms. The Labute approximate surface area is 155 Å². The summed E-state index contributed by atoms with van der Waals surface area (Å²) in [4.78, 5) is 18.6. The highest BCUT2D eigenvalue weighted by Crippen LogP contribution is 2.32. The predicted octanol–water partition coefficient (Wildman–Crippen LogP) is 2.40. The van der Waals surface area contributed by atoms with Crippen molar-refractivity contribution in [3.8, 4) is 5.75 Å². The van der Waals surface area contributed by atoms with Crippen molar-refractivity contribution in [1.29, 1.82) is 0 Å². The minimum Gasteiger partial charge on any atom is -0.493 e. The number of hydrogen-bond acceptors (Lipinski definition) is 4. The van der Waals surface area contributed by atoms with Gasteiger partial charge in [-0.15, -0.1) is 0 Å². The zero-order valence-corrected chi connectivity index (χ0v) is 15.7. The van der Waals surface area contributed by atoms with Crippen LogP contribution < -0.4 is 10.1 Å². The molecule has 0 saturated carbocycles. The van der Waals surface area contributed by atoms with Crippen molar-refractivity contribution in [2.24, 2.45) is 10.9 Å². The Hall–Kier alpha value is -2.24. The lowest BCUT2D eigenvalue weighted by Crippen LogP contribution is -2.47. The molecule has 0 amide bonds. The number of nitrogens with zero attached hydrogens (tertiary/aromatic N) is 2. The topological polar surface area (TPSA) is 63.2 Å². The van der Waals surface area contributed by atoms with Gasteiger partial charge in [-0.3, -0.25) is 9.79 Å². The Morgan fingerprint density at radius 3 is 2.81 bits per heavy atom. The van der Waals surface area contributed by atoms with Crippen molar-refractivity contribution < 1.29 is 14.3 Å². The maximum atomic E-state index is 11.9. The molecule has 1 aromatic rings. The molecule has 2 heterocycles. The number of esters is 1. The van der Waals surface area contributed by atoms with Gasteiger partial charge in [-0.05, 0) is 37.8 Å². The summed E-state index contributed by atoms with van der Waals surface area (Å²) in [5.41, 5.74) is 1.27. The second-order valence-corrected chi connectivity index (χ2v) is 6.81. The van der Waals surface area contributed by atoms with E-state index in [1.54, 1.807) is 0 Å². The van der Waals surface area contributed by atoms with Crippen LogP contribution in [0.1, 0.15) is 37.7 Å². The van der Waals surface area contributed by atoms with Gasteiger partial charge in [-0.25, -0.2) is 0 Å². The Morgan fingerprint density at radius 1 is 1.31 bits per heavy atom. The number of para-hydroxylation sites is 1. The van der Waals surface area contributed by atoms with Crippen LogP contribution in [-0.2, 0) is 9.53 Å². The fourth-order valence-corrected chi connectivity index (χ4v) is 3.76. The number of hydrogen-bond donors (Lipinski definition) is 1. The van der Waals surface area contributed by atoms with Crippen LogP contribution in [-0.4, -0.2) is 56.7 Å². The summed E-state index contributed by atoms with van der Waals surface area (Å²) in [7, 11) is 1.82. The third kappa shape index (κ3) is 4.29. The van der Waals surface area contributed by atoms with Gasteiger partial charge in [0.05, 0.1) is 19.1 Å². The molecule has 1 atom stereocenters. The molecule has 0 radical (unpaired) electrons. The molecule has 1 aromatic carbocycles. The second kappa shape index (κ2) is 8.92. The molecule has 1 fully saturated rings. The summed E-state index contributed by atoms with van der Waals surface area (Å²) in [6, 6.07) is 8.27. The number of carbonyl (C=O) groups is 1. The third-order valence-electron chi connectivity index (χ3n) is 5.22. The maximum Gasteiger partial charge on any atom is 0.309 e. The summed E-state index contributed by atoms with van der Waals surface area (Å²) in [5, 5.41) is 3.52. The molecule has 0 aromatic heterocycles. The summed E-state index contributed by atoms with van der Waals surface area (Å²) >= 11 is 0. The Morgan fingerprint density at radius 2 is 2.08 bits per heavy atom. The lowest BCUT2D eigenvalue weighted by atomic mass is 9.93. The summed E-state index contributed by atoms with van der Waals surface area (Å²) < 4.78 is 10.9. The Kier molecular flexibility index (Phi) is 6.36. The van der Waals surface area contributed by atoms with Crippen LogP contribution in [0.3, 0.4) is 0 Å². The van der Waals surface area contributed by atoms with Crippen LogP contribution in [0.2, 0.25) is 0 Å². The van der Waals surface area contributed by atoms with Gasteiger partial charge in [0, 0.05) is 32.6 Å². The first-order valence-electron chi connectivity index (χ1n) is 9.56. The molecule has 26 heavy (non-hydrogen) atoms. The molecule has 1 unspecified atom stereocenters. The molecule has 6 nitrogen and oxygen atoms in total. The zero-order valence-electron chi connectivity index (χ0n) is 15.7. The average Bonchev–Trinajstić information content (AvgIpc) is 2.69. The minimum absolute atomic E-state index is 0.0201. The standard InChI is InChI=1S/C20H29N3O3/c1-3-25-19(24)15-8-11-23(12-9-15)20(21-2)22-14-16-10-13-26-18-7-5-4-6-17(16)18/h4-7,15-16H,3,8-14H2,1-2H3,(H,21,22). The molecule has 2 aliphatic rings. The van der Waals surface area contributed by atoms with Gasteiger partial charge in [-0.1, -0.05) is 18.2 Å².